The average molecular weight is 338 g/mol. The van der Waals surface area contributed by atoms with Crippen LogP contribution in [0.3, 0.4) is 0 Å². The average Bonchev–Trinajstić information content (AvgIpc) is 3.06. The van der Waals surface area contributed by atoms with E-state index in [9.17, 15) is 5.11 Å². The molecule has 0 saturated carbocycles. The molecule has 0 aliphatic carbocycles. The summed E-state index contributed by atoms with van der Waals surface area (Å²) in [4.78, 5) is 2.33. The molecular formula is C19H22N4O2. The molecule has 130 valence electrons. The normalized spacial score (nSPS) is 18.6. The van der Waals surface area contributed by atoms with Crippen molar-refractivity contribution < 1.29 is 9.52 Å². The Kier molecular flexibility index (Phi) is 4.05. The Morgan fingerprint density at radius 2 is 2.16 bits per heavy atom. The Morgan fingerprint density at radius 3 is 2.96 bits per heavy atom. The molecule has 1 aromatic carbocycles. The van der Waals surface area contributed by atoms with Gasteiger partial charge in [0.05, 0.1) is 12.0 Å². The molecule has 0 bridgehead atoms. The maximum absolute atomic E-state index is 10.5. The highest BCUT2D eigenvalue weighted by molar-refractivity contribution is 5.90. The number of piperidine rings is 1. The van der Waals surface area contributed by atoms with E-state index < -0.39 is 0 Å². The molecule has 6 nitrogen and oxygen atoms in total. The van der Waals surface area contributed by atoms with Crippen LogP contribution in [-0.2, 0) is 0 Å². The second kappa shape index (κ2) is 6.37. The summed E-state index contributed by atoms with van der Waals surface area (Å²) < 4.78 is 5.37. The third-order valence-electron chi connectivity index (χ3n) is 4.81. The summed E-state index contributed by atoms with van der Waals surface area (Å²) in [5.41, 5.74) is 2.74. The van der Waals surface area contributed by atoms with Crippen LogP contribution in [0, 0.1) is 6.92 Å². The molecule has 1 fully saturated rings. The van der Waals surface area contributed by atoms with Crippen LogP contribution in [0.1, 0.15) is 18.4 Å². The van der Waals surface area contributed by atoms with E-state index in [1.54, 1.807) is 6.26 Å². The number of aryl methyl sites for hydroxylation is 1. The topological polar surface area (TPSA) is 74.4 Å². The van der Waals surface area contributed by atoms with Gasteiger partial charge in [-0.25, -0.2) is 0 Å². The van der Waals surface area contributed by atoms with E-state index in [1.807, 2.05) is 31.2 Å². The van der Waals surface area contributed by atoms with Gasteiger partial charge in [-0.15, -0.1) is 10.2 Å². The number of aromatic hydroxyl groups is 1. The van der Waals surface area contributed by atoms with Crippen molar-refractivity contribution in [2.24, 2.45) is 0 Å². The quantitative estimate of drug-likeness (QED) is 0.762. The standard InChI is InChI=1S/C19H22N4O2/c1-12-10-16(20-14-4-3-8-23(2)11-14)21-22-17(12)15-6-5-13-7-9-25-19(13)18(15)24/h5-7,9-10,14,24H,3-4,8,11H2,1-2H3,(H,20,21)/t14-/m1/s1. The van der Waals surface area contributed by atoms with Crippen LogP contribution in [0.4, 0.5) is 5.82 Å². The fraction of sp³-hybridized carbons (Fsp3) is 0.368. The van der Waals surface area contributed by atoms with Gasteiger partial charge in [-0.2, -0.15) is 0 Å². The zero-order valence-corrected chi connectivity index (χ0v) is 14.5. The minimum absolute atomic E-state index is 0.106. The third kappa shape index (κ3) is 3.05. The van der Waals surface area contributed by atoms with E-state index >= 15 is 0 Å². The number of furan rings is 1. The number of hydrogen-bond acceptors (Lipinski definition) is 6. The maximum atomic E-state index is 10.5. The van der Waals surface area contributed by atoms with E-state index in [0.717, 1.165) is 36.3 Å². The molecule has 0 unspecified atom stereocenters. The van der Waals surface area contributed by atoms with Gasteiger partial charge in [-0.05, 0) is 57.1 Å². The van der Waals surface area contributed by atoms with Gasteiger partial charge in [-0.1, -0.05) is 6.07 Å². The molecule has 2 N–H and O–H groups in total. The van der Waals surface area contributed by atoms with Gasteiger partial charge in [-0.3, -0.25) is 0 Å². The van der Waals surface area contributed by atoms with Crippen molar-refractivity contribution >= 4 is 16.8 Å². The lowest BCUT2D eigenvalue weighted by molar-refractivity contribution is 0.260. The fourth-order valence-corrected chi connectivity index (χ4v) is 3.52. The highest BCUT2D eigenvalue weighted by Crippen LogP contribution is 2.36. The van der Waals surface area contributed by atoms with Gasteiger partial charge in [0.1, 0.15) is 5.82 Å². The molecule has 1 saturated heterocycles. The minimum Gasteiger partial charge on any atom is -0.504 e. The van der Waals surface area contributed by atoms with Crippen LogP contribution in [-0.4, -0.2) is 46.4 Å². The summed E-state index contributed by atoms with van der Waals surface area (Å²) >= 11 is 0. The summed E-state index contributed by atoms with van der Waals surface area (Å²) in [6.07, 6.45) is 3.90. The molecule has 0 amide bonds. The molecule has 1 atom stereocenters. The second-order valence-electron chi connectivity index (χ2n) is 6.81. The molecule has 3 heterocycles. The monoisotopic (exact) mass is 338 g/mol. The number of fused-ring (bicyclic) bond motifs is 1. The van der Waals surface area contributed by atoms with Gasteiger partial charge >= 0.3 is 0 Å². The first-order chi connectivity index (χ1) is 12.1. The number of hydrogen-bond donors (Lipinski definition) is 2. The lowest BCUT2D eigenvalue weighted by Gasteiger charge is -2.30. The number of likely N-dealkylation sites (tertiary alicyclic amines) is 1. The number of nitrogens with one attached hydrogen (secondary N) is 1. The molecule has 4 rings (SSSR count). The molecular weight excluding hydrogens is 316 g/mol. The number of benzene rings is 1. The second-order valence-corrected chi connectivity index (χ2v) is 6.81. The molecule has 6 heteroatoms. The van der Waals surface area contributed by atoms with Gasteiger partial charge < -0.3 is 19.7 Å². The first kappa shape index (κ1) is 15.9. The highest BCUT2D eigenvalue weighted by Gasteiger charge is 2.19. The van der Waals surface area contributed by atoms with Crippen molar-refractivity contribution in [3.8, 4) is 17.0 Å². The number of nitrogens with zero attached hydrogens (tertiary/aromatic N) is 3. The molecule has 3 aromatic rings. The van der Waals surface area contributed by atoms with Crippen LogP contribution in [0.15, 0.2) is 34.9 Å². The van der Waals surface area contributed by atoms with Crippen molar-refractivity contribution in [1.29, 1.82) is 0 Å². The Labute approximate surface area is 146 Å². The summed E-state index contributed by atoms with van der Waals surface area (Å²) in [7, 11) is 2.14. The zero-order chi connectivity index (χ0) is 17.4. The Hall–Kier alpha value is -2.60. The third-order valence-corrected chi connectivity index (χ3v) is 4.81. The molecule has 0 spiro atoms. The largest absolute Gasteiger partial charge is 0.504 e. The molecule has 1 aliphatic rings. The number of likely N-dealkylation sites (N-methyl/N-ethyl adjacent to an activating group) is 1. The predicted molar refractivity (Wildman–Crippen MR) is 97.8 cm³/mol. The van der Waals surface area contributed by atoms with Crippen molar-refractivity contribution in [3.63, 3.8) is 0 Å². The number of rotatable bonds is 3. The Morgan fingerprint density at radius 1 is 1.28 bits per heavy atom. The molecule has 25 heavy (non-hydrogen) atoms. The summed E-state index contributed by atoms with van der Waals surface area (Å²) in [6, 6.07) is 7.98. The zero-order valence-electron chi connectivity index (χ0n) is 14.5. The number of phenols is 1. The van der Waals surface area contributed by atoms with Gasteiger partial charge in [0.25, 0.3) is 0 Å². The minimum atomic E-state index is 0.106. The van der Waals surface area contributed by atoms with E-state index in [0.29, 0.717) is 22.9 Å². The van der Waals surface area contributed by atoms with Crippen molar-refractivity contribution in [2.75, 3.05) is 25.5 Å². The first-order valence-corrected chi connectivity index (χ1v) is 8.61. The van der Waals surface area contributed by atoms with Crippen LogP contribution in [0.25, 0.3) is 22.2 Å². The van der Waals surface area contributed by atoms with Crippen LogP contribution in [0.5, 0.6) is 5.75 Å². The summed E-state index contributed by atoms with van der Waals surface area (Å²) in [5, 5.41) is 23.5. The van der Waals surface area contributed by atoms with Crippen LogP contribution < -0.4 is 5.32 Å². The van der Waals surface area contributed by atoms with Crippen molar-refractivity contribution in [2.45, 2.75) is 25.8 Å². The SMILES string of the molecule is Cc1cc(N[C@@H]2CCCN(C)C2)nnc1-c1ccc2ccoc2c1O. The van der Waals surface area contributed by atoms with E-state index in [4.69, 9.17) is 4.42 Å². The summed E-state index contributed by atoms with van der Waals surface area (Å²) in [5.74, 6) is 0.884. The smallest absolute Gasteiger partial charge is 0.176 e. The van der Waals surface area contributed by atoms with E-state index in [2.05, 4.69) is 27.5 Å². The number of aromatic nitrogens is 2. The fourth-order valence-electron chi connectivity index (χ4n) is 3.52. The van der Waals surface area contributed by atoms with E-state index in [1.165, 1.54) is 6.42 Å². The lowest BCUT2D eigenvalue weighted by atomic mass is 10.0. The van der Waals surface area contributed by atoms with Crippen LogP contribution >= 0.6 is 0 Å². The van der Waals surface area contributed by atoms with Crippen LogP contribution in [0.2, 0.25) is 0 Å². The van der Waals surface area contributed by atoms with Gasteiger partial charge in [0, 0.05) is 23.5 Å². The molecule has 1 aliphatic heterocycles. The van der Waals surface area contributed by atoms with Crippen molar-refractivity contribution in [1.82, 2.24) is 15.1 Å². The first-order valence-electron chi connectivity index (χ1n) is 8.61. The van der Waals surface area contributed by atoms with Crippen molar-refractivity contribution in [3.05, 3.63) is 36.1 Å². The lowest BCUT2D eigenvalue weighted by Crippen LogP contribution is -2.39. The molecule has 0 radical (unpaired) electrons. The van der Waals surface area contributed by atoms with Gasteiger partial charge in [0.15, 0.2) is 11.3 Å². The maximum Gasteiger partial charge on any atom is 0.176 e. The Bertz CT molecular complexity index is 906. The number of anilines is 1. The predicted octanol–water partition coefficient (Wildman–Crippen LogP) is 3.41. The van der Waals surface area contributed by atoms with Gasteiger partial charge in [0.2, 0.25) is 0 Å². The van der Waals surface area contributed by atoms with E-state index in [-0.39, 0.29) is 5.75 Å². The highest BCUT2D eigenvalue weighted by atomic mass is 16.3. The number of phenolic OH excluding ortho intramolecular Hbond substituents is 1. The molecule has 2 aromatic heterocycles. The summed E-state index contributed by atoms with van der Waals surface area (Å²) in [6.45, 7) is 4.14. The Balaban J connectivity index is 1.61.